The first-order chi connectivity index (χ1) is 4.86. The van der Waals surface area contributed by atoms with Gasteiger partial charge in [0.2, 0.25) is 0 Å². The molecular formula is C6H8N4. The fraction of sp³-hybridized carbons (Fsp3) is 0.167. The van der Waals surface area contributed by atoms with E-state index in [0.717, 1.165) is 5.84 Å². The number of hydrazone groups is 1. The van der Waals surface area contributed by atoms with Crippen LogP contribution in [0.15, 0.2) is 29.5 Å². The lowest BCUT2D eigenvalue weighted by atomic mass is 10.4. The van der Waals surface area contributed by atoms with E-state index in [0.29, 0.717) is 0 Å². The number of allylic oxidation sites excluding steroid dienone is 2. The Morgan fingerprint density at radius 1 is 1.50 bits per heavy atom. The van der Waals surface area contributed by atoms with Crippen molar-refractivity contribution in [3.63, 3.8) is 0 Å². The lowest BCUT2D eigenvalue weighted by Gasteiger charge is -2.15. The molecule has 0 bridgehead atoms. The van der Waals surface area contributed by atoms with E-state index in [4.69, 9.17) is 0 Å². The number of fused-ring (bicyclic) bond motifs is 1. The molecule has 0 fully saturated rings. The van der Waals surface area contributed by atoms with Gasteiger partial charge in [0.25, 0.3) is 0 Å². The van der Waals surface area contributed by atoms with Crippen LogP contribution in [0.1, 0.15) is 0 Å². The molecule has 0 atom stereocenters. The Morgan fingerprint density at radius 3 is 3.20 bits per heavy atom. The van der Waals surface area contributed by atoms with Crippen molar-refractivity contribution in [1.29, 1.82) is 0 Å². The third-order valence-electron chi connectivity index (χ3n) is 1.34. The number of hydrazine groups is 2. The first-order valence-electron chi connectivity index (χ1n) is 3.09. The summed E-state index contributed by atoms with van der Waals surface area (Å²) in [7, 11) is 1.85. The van der Waals surface area contributed by atoms with Gasteiger partial charge in [-0.05, 0) is 12.2 Å². The summed E-state index contributed by atoms with van der Waals surface area (Å²) in [6, 6.07) is 0. The Hall–Kier alpha value is -1.29. The highest BCUT2D eigenvalue weighted by molar-refractivity contribution is 5.94. The Bertz CT molecular complexity index is 228. The Kier molecular flexibility index (Phi) is 1.01. The van der Waals surface area contributed by atoms with Crippen LogP contribution in [0.4, 0.5) is 0 Å². The molecule has 52 valence electrons. The van der Waals surface area contributed by atoms with E-state index in [-0.39, 0.29) is 0 Å². The van der Waals surface area contributed by atoms with Gasteiger partial charge in [0, 0.05) is 13.2 Å². The molecule has 0 radical (unpaired) electrons. The van der Waals surface area contributed by atoms with Crippen molar-refractivity contribution < 1.29 is 0 Å². The number of nitrogens with zero attached hydrogens (tertiary/aromatic N) is 3. The van der Waals surface area contributed by atoms with Crippen LogP contribution >= 0.6 is 0 Å². The van der Waals surface area contributed by atoms with Crippen molar-refractivity contribution in [2.45, 2.75) is 0 Å². The maximum absolute atomic E-state index is 4.14. The second kappa shape index (κ2) is 1.85. The average Bonchev–Trinajstić information content (AvgIpc) is 2.27. The van der Waals surface area contributed by atoms with Crippen LogP contribution in [0, 0.1) is 0 Å². The molecule has 0 spiro atoms. The number of hydrogen-bond donors (Lipinski definition) is 1. The van der Waals surface area contributed by atoms with Crippen molar-refractivity contribution in [2.24, 2.45) is 5.10 Å². The maximum atomic E-state index is 4.14. The van der Waals surface area contributed by atoms with Gasteiger partial charge in [-0.15, -0.1) is 10.6 Å². The SMILES string of the molecule is CN1N=C2C=CC=CN2N1. The van der Waals surface area contributed by atoms with E-state index in [1.807, 2.05) is 36.5 Å². The molecule has 0 aromatic rings. The molecule has 0 aromatic heterocycles. The fourth-order valence-electron chi connectivity index (χ4n) is 0.932. The molecule has 2 heterocycles. The summed E-state index contributed by atoms with van der Waals surface area (Å²) in [4.78, 5) is 0. The number of rotatable bonds is 0. The molecule has 1 N–H and O–H groups in total. The number of hydrogen-bond acceptors (Lipinski definition) is 4. The molecule has 0 saturated heterocycles. The summed E-state index contributed by atoms with van der Waals surface area (Å²) in [5, 5.41) is 7.65. The van der Waals surface area contributed by atoms with Gasteiger partial charge in [0.05, 0.1) is 0 Å². The summed E-state index contributed by atoms with van der Waals surface area (Å²) in [6.07, 6.45) is 7.76. The van der Waals surface area contributed by atoms with E-state index < -0.39 is 0 Å². The molecule has 0 amide bonds. The van der Waals surface area contributed by atoms with Crippen LogP contribution < -0.4 is 5.53 Å². The second-order valence-electron chi connectivity index (χ2n) is 2.15. The highest BCUT2D eigenvalue weighted by Crippen LogP contribution is 2.05. The zero-order valence-electron chi connectivity index (χ0n) is 5.65. The minimum absolute atomic E-state index is 0.921. The van der Waals surface area contributed by atoms with Crippen LogP contribution in [0.5, 0.6) is 0 Å². The molecule has 2 rings (SSSR count). The molecule has 0 saturated carbocycles. The van der Waals surface area contributed by atoms with Gasteiger partial charge in [-0.3, -0.25) is 0 Å². The number of nitrogens with one attached hydrogen (secondary N) is 1. The normalized spacial score (nSPS) is 21.5. The van der Waals surface area contributed by atoms with Gasteiger partial charge >= 0.3 is 0 Å². The maximum Gasteiger partial charge on any atom is 0.170 e. The van der Waals surface area contributed by atoms with Gasteiger partial charge in [0.1, 0.15) is 0 Å². The predicted octanol–water partition coefficient (Wildman–Crippen LogP) is 0.0504. The van der Waals surface area contributed by atoms with Gasteiger partial charge in [-0.1, -0.05) is 6.08 Å². The lowest BCUT2D eigenvalue weighted by molar-refractivity contribution is 0.180. The molecule has 10 heavy (non-hydrogen) atoms. The first kappa shape index (κ1) is 5.49. The Balaban J connectivity index is 2.29. The molecular weight excluding hydrogens is 128 g/mol. The van der Waals surface area contributed by atoms with E-state index in [2.05, 4.69) is 10.6 Å². The summed E-state index contributed by atoms with van der Waals surface area (Å²) >= 11 is 0. The third-order valence-corrected chi connectivity index (χ3v) is 1.34. The summed E-state index contributed by atoms with van der Waals surface area (Å²) in [6.45, 7) is 0. The van der Waals surface area contributed by atoms with Crippen molar-refractivity contribution >= 4 is 5.84 Å². The minimum Gasteiger partial charge on any atom is -0.246 e. The highest BCUT2D eigenvalue weighted by atomic mass is 15.9. The van der Waals surface area contributed by atoms with E-state index in [1.165, 1.54) is 0 Å². The van der Waals surface area contributed by atoms with Gasteiger partial charge < -0.3 is 0 Å². The lowest BCUT2D eigenvalue weighted by Crippen LogP contribution is -2.37. The summed E-state index contributed by atoms with van der Waals surface area (Å²) < 4.78 is 0. The van der Waals surface area contributed by atoms with Crippen molar-refractivity contribution in [3.05, 3.63) is 24.4 Å². The summed E-state index contributed by atoms with van der Waals surface area (Å²) in [5.41, 5.74) is 2.98. The van der Waals surface area contributed by atoms with Crippen LogP contribution in [0.3, 0.4) is 0 Å². The minimum atomic E-state index is 0.921. The first-order valence-corrected chi connectivity index (χ1v) is 3.09. The van der Waals surface area contributed by atoms with Crippen LogP contribution in [0.25, 0.3) is 0 Å². The smallest absolute Gasteiger partial charge is 0.170 e. The van der Waals surface area contributed by atoms with E-state index in [1.54, 1.807) is 5.12 Å². The number of amidine groups is 1. The van der Waals surface area contributed by atoms with Crippen molar-refractivity contribution in [1.82, 2.24) is 15.7 Å². The highest BCUT2D eigenvalue weighted by Gasteiger charge is 2.15. The van der Waals surface area contributed by atoms with Gasteiger partial charge in [-0.2, -0.15) is 0 Å². The molecule has 2 aliphatic heterocycles. The molecule has 0 aliphatic carbocycles. The third kappa shape index (κ3) is 0.698. The largest absolute Gasteiger partial charge is 0.246 e. The summed E-state index contributed by atoms with van der Waals surface area (Å²) in [5.74, 6) is 0.921. The zero-order valence-corrected chi connectivity index (χ0v) is 5.65. The van der Waals surface area contributed by atoms with Crippen molar-refractivity contribution in [3.8, 4) is 0 Å². The molecule has 0 aromatic carbocycles. The molecule has 2 aliphatic rings. The zero-order chi connectivity index (χ0) is 6.97. The monoisotopic (exact) mass is 136 g/mol. The molecule has 4 heteroatoms. The fourth-order valence-corrected chi connectivity index (χ4v) is 0.932. The Labute approximate surface area is 59.0 Å². The standard InChI is InChI=1S/C6H8N4/c1-9-7-6-4-2-3-5-10(6)8-9/h2-5,8H,1H3. The quantitative estimate of drug-likeness (QED) is 0.510. The second-order valence-corrected chi connectivity index (χ2v) is 2.15. The Morgan fingerprint density at radius 2 is 2.40 bits per heavy atom. The van der Waals surface area contributed by atoms with Crippen molar-refractivity contribution in [2.75, 3.05) is 7.05 Å². The van der Waals surface area contributed by atoms with Gasteiger partial charge in [0.15, 0.2) is 5.84 Å². The van der Waals surface area contributed by atoms with E-state index in [9.17, 15) is 0 Å². The topological polar surface area (TPSA) is 30.9 Å². The molecule has 4 nitrogen and oxygen atoms in total. The average molecular weight is 136 g/mol. The predicted molar refractivity (Wildman–Crippen MR) is 38.5 cm³/mol. The van der Waals surface area contributed by atoms with Crippen LogP contribution in [-0.2, 0) is 0 Å². The molecule has 0 unspecified atom stereocenters. The van der Waals surface area contributed by atoms with Crippen LogP contribution in [0.2, 0.25) is 0 Å². The van der Waals surface area contributed by atoms with Gasteiger partial charge in [-0.25, -0.2) is 10.1 Å². The van der Waals surface area contributed by atoms with Crippen LogP contribution in [-0.4, -0.2) is 23.0 Å². The van der Waals surface area contributed by atoms with E-state index >= 15 is 0 Å².